The van der Waals surface area contributed by atoms with Crippen LogP contribution in [-0.4, -0.2) is 62.8 Å². The lowest BCUT2D eigenvalue weighted by Gasteiger charge is -2.20. The topological polar surface area (TPSA) is 118 Å². The van der Waals surface area contributed by atoms with Gasteiger partial charge in [0.2, 0.25) is 11.8 Å². The predicted molar refractivity (Wildman–Crippen MR) is 148 cm³/mol. The van der Waals surface area contributed by atoms with Crippen LogP contribution in [0.5, 0.6) is 11.5 Å². The summed E-state index contributed by atoms with van der Waals surface area (Å²) in [5.41, 5.74) is 2.06. The number of carbonyl (C=O) groups excluding carboxylic acids is 3. The monoisotopic (exact) mass is 555 g/mol. The molecule has 1 aromatic heterocycles. The molecule has 10 heteroatoms. The molecule has 0 spiro atoms. The maximum atomic E-state index is 13.2. The van der Waals surface area contributed by atoms with Crippen LogP contribution in [-0.2, 0) is 22.6 Å². The summed E-state index contributed by atoms with van der Waals surface area (Å²) < 4.78 is 11.8. The van der Waals surface area contributed by atoms with Gasteiger partial charge in [0.05, 0.1) is 6.04 Å². The molecule has 2 saturated carbocycles. The summed E-state index contributed by atoms with van der Waals surface area (Å²) in [5.74, 6) is 2.96. The number of amides is 3. The molecule has 2 aromatic carbocycles. The Morgan fingerprint density at radius 3 is 2.61 bits per heavy atom. The number of carbonyl (C=O) groups is 3. The zero-order valence-electron chi connectivity index (χ0n) is 22.9. The fourth-order valence-electron chi connectivity index (χ4n) is 5.66. The van der Waals surface area contributed by atoms with Gasteiger partial charge >= 0.3 is 0 Å². The lowest BCUT2D eigenvalue weighted by atomic mass is 10.1. The molecule has 2 saturated heterocycles. The van der Waals surface area contributed by atoms with Gasteiger partial charge in [-0.3, -0.25) is 14.4 Å². The lowest BCUT2D eigenvalue weighted by molar-refractivity contribution is -0.129. The van der Waals surface area contributed by atoms with Crippen LogP contribution in [0.2, 0.25) is 0 Å². The quantitative estimate of drug-likeness (QED) is 0.400. The van der Waals surface area contributed by atoms with Crippen molar-refractivity contribution in [1.29, 1.82) is 0 Å². The molecule has 0 radical (unpaired) electrons. The molecule has 212 valence electrons. The molecule has 1 N–H and O–H groups in total. The van der Waals surface area contributed by atoms with Crippen LogP contribution in [0, 0.1) is 5.92 Å². The van der Waals surface area contributed by atoms with E-state index in [4.69, 9.17) is 9.26 Å². The minimum Gasteiger partial charge on any atom is -0.457 e. The molecule has 2 aliphatic carbocycles. The summed E-state index contributed by atoms with van der Waals surface area (Å²) in [7, 11) is 0. The highest BCUT2D eigenvalue weighted by Gasteiger charge is 2.39. The minimum absolute atomic E-state index is 0.107. The second kappa shape index (κ2) is 10.6. The van der Waals surface area contributed by atoms with Crippen molar-refractivity contribution in [1.82, 2.24) is 25.3 Å². The van der Waals surface area contributed by atoms with E-state index < -0.39 is 0 Å². The molecule has 10 nitrogen and oxygen atoms in total. The van der Waals surface area contributed by atoms with Crippen LogP contribution in [0.15, 0.2) is 47.0 Å². The van der Waals surface area contributed by atoms with Crippen LogP contribution in [0.4, 0.5) is 0 Å². The van der Waals surface area contributed by atoms with E-state index in [1.54, 1.807) is 12.1 Å². The van der Waals surface area contributed by atoms with Crippen LogP contribution < -0.4 is 10.1 Å². The zero-order chi connectivity index (χ0) is 27.9. The van der Waals surface area contributed by atoms with Gasteiger partial charge in [0.1, 0.15) is 11.5 Å². The van der Waals surface area contributed by atoms with E-state index in [2.05, 4.69) is 15.5 Å². The average molecular weight is 556 g/mol. The van der Waals surface area contributed by atoms with Gasteiger partial charge in [-0.05, 0) is 74.4 Å². The molecule has 0 bridgehead atoms. The first-order valence-electron chi connectivity index (χ1n) is 14.6. The molecule has 1 atom stereocenters. The largest absolute Gasteiger partial charge is 0.457 e. The Labute approximate surface area is 238 Å². The smallest absolute Gasteiger partial charge is 0.257 e. The Bertz CT molecular complexity index is 1480. The number of ether oxygens (including phenoxy) is 1. The molecule has 7 rings (SSSR count). The number of hydrogen-bond donors (Lipinski definition) is 1. The van der Waals surface area contributed by atoms with E-state index in [9.17, 15) is 14.4 Å². The van der Waals surface area contributed by atoms with Crippen molar-refractivity contribution in [2.75, 3.05) is 13.1 Å². The molecule has 2 aliphatic heterocycles. The summed E-state index contributed by atoms with van der Waals surface area (Å²) in [6.07, 6.45) is 7.12. The number of benzene rings is 2. The van der Waals surface area contributed by atoms with Gasteiger partial charge in [-0.1, -0.05) is 11.2 Å². The summed E-state index contributed by atoms with van der Waals surface area (Å²) in [6.45, 7) is 1.67. The standard InChI is InChI=1S/C31H33N5O5/c37-28-2-1-13-35(28)17-22-6-5-21(30(39)32-23-16-29(38)36(18-23)24-9-10-24)15-26(22)40-25-11-7-20(8-12-25)31-33-27(34-41-31)14-19-3-4-19/h5-8,11-12,15,19,23-24H,1-4,9-10,13-14,16-18H2,(H,32,39)/t23-/m0/s1. The summed E-state index contributed by atoms with van der Waals surface area (Å²) in [4.78, 5) is 46.1. The van der Waals surface area contributed by atoms with Crippen molar-refractivity contribution in [3.63, 3.8) is 0 Å². The summed E-state index contributed by atoms with van der Waals surface area (Å²) >= 11 is 0. The van der Waals surface area contributed by atoms with Crippen LogP contribution in [0.1, 0.15) is 66.7 Å². The van der Waals surface area contributed by atoms with Gasteiger partial charge in [-0.2, -0.15) is 4.98 Å². The maximum absolute atomic E-state index is 13.2. The average Bonchev–Trinajstić information content (AvgIpc) is 3.86. The first-order valence-corrected chi connectivity index (χ1v) is 14.6. The Balaban J connectivity index is 1.08. The van der Waals surface area contributed by atoms with E-state index in [0.717, 1.165) is 42.6 Å². The molecular formula is C31H33N5O5. The van der Waals surface area contributed by atoms with Gasteiger partial charge < -0.3 is 24.4 Å². The van der Waals surface area contributed by atoms with Gasteiger partial charge in [0.15, 0.2) is 5.82 Å². The van der Waals surface area contributed by atoms with E-state index in [0.29, 0.717) is 67.4 Å². The molecule has 3 aromatic rings. The molecular weight excluding hydrogens is 522 g/mol. The fourth-order valence-corrected chi connectivity index (χ4v) is 5.66. The highest BCUT2D eigenvalue weighted by molar-refractivity contribution is 5.95. The van der Waals surface area contributed by atoms with Crippen molar-refractivity contribution < 1.29 is 23.6 Å². The molecule has 3 amide bonds. The van der Waals surface area contributed by atoms with Crippen molar-refractivity contribution >= 4 is 17.7 Å². The Hall–Kier alpha value is -4.21. The Morgan fingerprint density at radius 2 is 1.88 bits per heavy atom. The van der Waals surface area contributed by atoms with Crippen LogP contribution >= 0.6 is 0 Å². The highest BCUT2D eigenvalue weighted by Crippen LogP contribution is 2.34. The van der Waals surface area contributed by atoms with Crippen molar-refractivity contribution in [3.8, 4) is 23.0 Å². The van der Waals surface area contributed by atoms with E-state index in [1.165, 1.54) is 12.8 Å². The highest BCUT2D eigenvalue weighted by atomic mass is 16.5. The second-order valence-electron chi connectivity index (χ2n) is 11.7. The molecule has 4 aliphatic rings. The number of nitrogens with zero attached hydrogens (tertiary/aromatic N) is 4. The van der Waals surface area contributed by atoms with Crippen molar-refractivity contribution in [3.05, 3.63) is 59.4 Å². The Morgan fingerprint density at radius 1 is 1.05 bits per heavy atom. The van der Waals surface area contributed by atoms with Gasteiger partial charge in [-0.15, -0.1) is 0 Å². The number of likely N-dealkylation sites (tertiary alicyclic amines) is 2. The number of hydrogen-bond acceptors (Lipinski definition) is 7. The van der Waals surface area contributed by atoms with E-state index in [-0.39, 0.29) is 23.8 Å². The SMILES string of the molecule is O=C(N[C@H]1CC(=O)N(C2CC2)C1)c1ccc(CN2CCCC2=O)c(Oc2ccc(-c3nc(CC4CC4)no3)cc2)c1. The maximum Gasteiger partial charge on any atom is 0.257 e. The third-order valence-electron chi connectivity index (χ3n) is 8.31. The van der Waals surface area contributed by atoms with Gasteiger partial charge in [0.25, 0.3) is 11.8 Å². The normalized spacial score (nSPS) is 20.6. The molecule has 3 heterocycles. The Kier molecular flexibility index (Phi) is 6.68. The number of aromatic nitrogens is 2. The number of rotatable bonds is 10. The van der Waals surface area contributed by atoms with Crippen LogP contribution in [0.3, 0.4) is 0 Å². The number of nitrogens with one attached hydrogen (secondary N) is 1. The van der Waals surface area contributed by atoms with Gasteiger partial charge in [0, 0.05) is 61.6 Å². The molecule has 41 heavy (non-hydrogen) atoms. The third kappa shape index (κ3) is 5.82. The fraction of sp³-hybridized carbons (Fsp3) is 0.452. The first-order chi connectivity index (χ1) is 20.0. The summed E-state index contributed by atoms with van der Waals surface area (Å²) in [6, 6.07) is 12.8. The lowest BCUT2D eigenvalue weighted by Crippen LogP contribution is -2.37. The predicted octanol–water partition coefficient (Wildman–Crippen LogP) is 4.10. The zero-order valence-corrected chi connectivity index (χ0v) is 22.9. The van der Waals surface area contributed by atoms with Crippen LogP contribution in [0.25, 0.3) is 11.5 Å². The van der Waals surface area contributed by atoms with Crippen molar-refractivity contribution in [2.45, 2.75) is 70.0 Å². The molecule has 4 fully saturated rings. The van der Waals surface area contributed by atoms with Gasteiger partial charge in [-0.25, -0.2) is 0 Å². The summed E-state index contributed by atoms with van der Waals surface area (Å²) in [5, 5.41) is 7.13. The van der Waals surface area contributed by atoms with E-state index >= 15 is 0 Å². The van der Waals surface area contributed by atoms with Crippen molar-refractivity contribution in [2.24, 2.45) is 5.92 Å². The van der Waals surface area contributed by atoms with E-state index in [1.807, 2.05) is 40.1 Å². The minimum atomic E-state index is -0.247. The first kappa shape index (κ1) is 25.7. The third-order valence-corrected chi connectivity index (χ3v) is 8.31. The molecule has 0 unspecified atom stereocenters. The second-order valence-corrected chi connectivity index (χ2v) is 11.7.